The van der Waals surface area contributed by atoms with Crippen LogP contribution in [0.1, 0.15) is 32.5 Å². The van der Waals surface area contributed by atoms with Crippen LogP contribution in [0.2, 0.25) is 0 Å². The molecule has 1 saturated heterocycles. The van der Waals surface area contributed by atoms with Crippen molar-refractivity contribution in [3.8, 4) is 0 Å². The van der Waals surface area contributed by atoms with E-state index in [1.165, 1.54) is 6.33 Å². The maximum absolute atomic E-state index is 12.2. The Labute approximate surface area is 113 Å². The minimum Gasteiger partial charge on any atom is -0.444 e. The van der Waals surface area contributed by atoms with E-state index in [1.54, 1.807) is 11.1 Å². The highest BCUT2D eigenvalue weighted by Crippen LogP contribution is 2.22. The number of amides is 1. The van der Waals surface area contributed by atoms with E-state index in [0.29, 0.717) is 13.1 Å². The molecule has 1 aromatic heterocycles. The second kappa shape index (κ2) is 5.52. The monoisotopic (exact) mass is 264 g/mol. The van der Waals surface area contributed by atoms with Gasteiger partial charge in [-0.2, -0.15) is 0 Å². The van der Waals surface area contributed by atoms with Crippen LogP contribution in [-0.4, -0.2) is 46.2 Å². The second-order valence-electron chi connectivity index (χ2n) is 5.53. The molecule has 104 valence electrons. The number of nitrogens with one attached hydrogen (secondary N) is 1. The summed E-state index contributed by atoms with van der Waals surface area (Å²) in [7, 11) is 0. The predicted octanol–water partition coefficient (Wildman–Crippen LogP) is 1.36. The van der Waals surface area contributed by atoms with Gasteiger partial charge in [0, 0.05) is 25.8 Å². The summed E-state index contributed by atoms with van der Waals surface area (Å²) in [6.45, 7) is 7.66. The summed E-state index contributed by atoms with van der Waals surface area (Å²) < 4.78 is 5.44. The molecule has 1 aromatic rings. The lowest BCUT2D eigenvalue weighted by Crippen LogP contribution is -2.50. The van der Waals surface area contributed by atoms with E-state index in [1.807, 2.05) is 26.8 Å². The number of carbonyl (C=O) groups excluding carboxylic acids is 1. The highest BCUT2D eigenvalue weighted by Gasteiger charge is 2.31. The van der Waals surface area contributed by atoms with Crippen LogP contribution >= 0.6 is 0 Å². The predicted molar refractivity (Wildman–Crippen MR) is 70.6 cm³/mol. The average Bonchev–Trinajstić information content (AvgIpc) is 2.38. The minimum absolute atomic E-state index is 0.105. The summed E-state index contributed by atoms with van der Waals surface area (Å²) in [5.41, 5.74) is 0.339. The highest BCUT2D eigenvalue weighted by molar-refractivity contribution is 5.69. The summed E-state index contributed by atoms with van der Waals surface area (Å²) in [5, 5.41) is 3.27. The molecule has 0 aliphatic carbocycles. The molecule has 6 nitrogen and oxygen atoms in total. The summed E-state index contributed by atoms with van der Waals surface area (Å²) in [5.74, 6) is 0. The van der Waals surface area contributed by atoms with E-state index in [2.05, 4.69) is 15.3 Å². The first-order valence-electron chi connectivity index (χ1n) is 6.43. The molecule has 2 rings (SSSR count). The van der Waals surface area contributed by atoms with Crippen LogP contribution in [0, 0.1) is 0 Å². The minimum atomic E-state index is -0.488. The van der Waals surface area contributed by atoms with Crippen molar-refractivity contribution in [3.05, 3.63) is 24.3 Å². The fourth-order valence-corrected chi connectivity index (χ4v) is 2.01. The first kappa shape index (κ1) is 13.7. The number of ether oxygens (including phenoxy) is 1. The van der Waals surface area contributed by atoms with Crippen molar-refractivity contribution in [2.75, 3.05) is 19.6 Å². The summed E-state index contributed by atoms with van der Waals surface area (Å²) in [4.78, 5) is 22.1. The third-order valence-electron chi connectivity index (χ3n) is 2.82. The lowest BCUT2D eigenvalue weighted by Gasteiger charge is -2.36. The fourth-order valence-electron chi connectivity index (χ4n) is 2.01. The van der Waals surface area contributed by atoms with Crippen LogP contribution in [0.3, 0.4) is 0 Å². The Morgan fingerprint density at radius 2 is 2.32 bits per heavy atom. The molecule has 1 aliphatic rings. The summed E-state index contributed by atoms with van der Waals surface area (Å²) in [6.07, 6.45) is 2.89. The maximum Gasteiger partial charge on any atom is 0.410 e. The SMILES string of the molecule is CC(C)(C)OC(=O)N1CCNCC1c1ccncn1. The molecule has 0 saturated carbocycles. The molecule has 0 spiro atoms. The van der Waals surface area contributed by atoms with Gasteiger partial charge in [-0.1, -0.05) is 0 Å². The zero-order chi connectivity index (χ0) is 13.9. The van der Waals surface area contributed by atoms with Crippen LogP contribution in [0.4, 0.5) is 4.79 Å². The molecule has 1 amide bonds. The Hall–Kier alpha value is -1.69. The molecule has 2 heterocycles. The number of hydrogen-bond acceptors (Lipinski definition) is 5. The van der Waals surface area contributed by atoms with Crippen molar-refractivity contribution in [2.24, 2.45) is 0 Å². The number of rotatable bonds is 1. The van der Waals surface area contributed by atoms with E-state index in [9.17, 15) is 4.79 Å². The van der Waals surface area contributed by atoms with Gasteiger partial charge in [-0.3, -0.25) is 4.90 Å². The fraction of sp³-hybridized carbons (Fsp3) is 0.615. The zero-order valence-corrected chi connectivity index (χ0v) is 11.6. The van der Waals surface area contributed by atoms with Gasteiger partial charge in [0.15, 0.2) is 0 Å². The number of aromatic nitrogens is 2. The van der Waals surface area contributed by atoms with Gasteiger partial charge in [-0.05, 0) is 26.8 Å². The van der Waals surface area contributed by atoms with Gasteiger partial charge in [-0.25, -0.2) is 14.8 Å². The Balaban J connectivity index is 2.15. The van der Waals surface area contributed by atoms with Gasteiger partial charge in [0.25, 0.3) is 0 Å². The Morgan fingerprint density at radius 1 is 1.53 bits per heavy atom. The van der Waals surface area contributed by atoms with Crippen LogP contribution in [0.15, 0.2) is 18.6 Å². The van der Waals surface area contributed by atoms with Crippen LogP contribution in [-0.2, 0) is 4.74 Å². The lowest BCUT2D eigenvalue weighted by molar-refractivity contribution is 0.0113. The van der Waals surface area contributed by atoms with Crippen LogP contribution in [0.25, 0.3) is 0 Å². The van der Waals surface area contributed by atoms with Crippen LogP contribution in [0.5, 0.6) is 0 Å². The van der Waals surface area contributed by atoms with E-state index in [-0.39, 0.29) is 12.1 Å². The second-order valence-corrected chi connectivity index (χ2v) is 5.53. The Bertz CT molecular complexity index is 430. The first-order valence-corrected chi connectivity index (χ1v) is 6.43. The number of nitrogens with zero attached hydrogens (tertiary/aromatic N) is 3. The van der Waals surface area contributed by atoms with Crippen molar-refractivity contribution in [2.45, 2.75) is 32.4 Å². The molecule has 19 heavy (non-hydrogen) atoms. The van der Waals surface area contributed by atoms with E-state index < -0.39 is 5.60 Å². The number of piperazine rings is 1. The van der Waals surface area contributed by atoms with E-state index in [0.717, 1.165) is 12.2 Å². The molecule has 0 bridgehead atoms. The largest absolute Gasteiger partial charge is 0.444 e. The van der Waals surface area contributed by atoms with Gasteiger partial charge in [-0.15, -0.1) is 0 Å². The molecule has 6 heteroatoms. The van der Waals surface area contributed by atoms with Crippen molar-refractivity contribution < 1.29 is 9.53 Å². The van der Waals surface area contributed by atoms with Crippen molar-refractivity contribution >= 4 is 6.09 Å². The molecule has 1 atom stereocenters. The Kier molecular flexibility index (Phi) is 3.99. The van der Waals surface area contributed by atoms with Gasteiger partial charge < -0.3 is 10.1 Å². The van der Waals surface area contributed by atoms with Gasteiger partial charge in [0.05, 0.1) is 11.7 Å². The quantitative estimate of drug-likeness (QED) is 0.829. The van der Waals surface area contributed by atoms with Gasteiger partial charge in [0.2, 0.25) is 0 Å². The summed E-state index contributed by atoms with van der Waals surface area (Å²) >= 11 is 0. The molecular formula is C13H20N4O2. The van der Waals surface area contributed by atoms with E-state index >= 15 is 0 Å². The van der Waals surface area contributed by atoms with Crippen molar-refractivity contribution in [1.82, 2.24) is 20.2 Å². The molecule has 1 N–H and O–H groups in total. The normalized spacial score (nSPS) is 20.2. The van der Waals surface area contributed by atoms with Crippen LogP contribution < -0.4 is 5.32 Å². The average molecular weight is 264 g/mol. The molecular weight excluding hydrogens is 244 g/mol. The van der Waals surface area contributed by atoms with E-state index in [4.69, 9.17) is 4.74 Å². The molecule has 1 aliphatic heterocycles. The van der Waals surface area contributed by atoms with Gasteiger partial charge >= 0.3 is 6.09 Å². The maximum atomic E-state index is 12.2. The third kappa shape index (κ3) is 3.64. The third-order valence-corrected chi connectivity index (χ3v) is 2.82. The molecule has 0 radical (unpaired) electrons. The smallest absolute Gasteiger partial charge is 0.410 e. The lowest BCUT2D eigenvalue weighted by atomic mass is 10.1. The topological polar surface area (TPSA) is 67.3 Å². The van der Waals surface area contributed by atoms with Crippen molar-refractivity contribution in [3.63, 3.8) is 0 Å². The first-order chi connectivity index (χ1) is 8.97. The number of hydrogen-bond donors (Lipinski definition) is 1. The zero-order valence-electron chi connectivity index (χ0n) is 11.6. The summed E-state index contributed by atoms with van der Waals surface area (Å²) in [6, 6.07) is 1.72. The molecule has 1 fully saturated rings. The molecule has 0 aromatic carbocycles. The number of carbonyl (C=O) groups is 1. The highest BCUT2D eigenvalue weighted by atomic mass is 16.6. The van der Waals surface area contributed by atoms with Crippen molar-refractivity contribution in [1.29, 1.82) is 0 Å². The Morgan fingerprint density at radius 3 is 2.95 bits per heavy atom. The standard InChI is InChI=1S/C13H20N4O2/c1-13(2,3)19-12(18)17-7-6-14-8-11(17)10-4-5-15-9-16-10/h4-5,9,11,14H,6-8H2,1-3H3. The van der Waals surface area contributed by atoms with Gasteiger partial charge in [0.1, 0.15) is 11.9 Å². The molecule has 1 unspecified atom stereocenters.